The van der Waals surface area contributed by atoms with Gasteiger partial charge in [-0.05, 0) is 29.7 Å². The molecule has 0 saturated heterocycles. The van der Waals surface area contributed by atoms with E-state index in [0.717, 1.165) is 12.0 Å². The van der Waals surface area contributed by atoms with Crippen molar-refractivity contribution < 1.29 is 8.42 Å². The molecule has 106 valence electrons. The molecule has 8 heteroatoms. The van der Waals surface area contributed by atoms with Crippen LogP contribution in [0.4, 0.5) is 5.69 Å². The molecule has 1 N–H and O–H groups in total. The zero-order valence-corrected chi connectivity index (χ0v) is 12.4. The molecule has 0 spiro atoms. The highest BCUT2D eigenvalue weighted by Gasteiger charge is 2.30. The van der Waals surface area contributed by atoms with Crippen molar-refractivity contribution in [2.45, 2.75) is 6.42 Å². The molecule has 1 aromatic rings. The van der Waals surface area contributed by atoms with E-state index in [-0.39, 0.29) is 5.17 Å². The molecule has 0 fully saturated rings. The summed E-state index contributed by atoms with van der Waals surface area (Å²) in [5.74, 6) is 0.965. The molecule has 0 saturated carbocycles. The van der Waals surface area contributed by atoms with Crippen molar-refractivity contribution >= 4 is 49.6 Å². The number of amidine groups is 2. The van der Waals surface area contributed by atoms with E-state index >= 15 is 0 Å². The Morgan fingerprint density at radius 3 is 3.00 bits per heavy atom. The molecule has 4 rings (SSSR count). The normalized spacial score (nSPS) is 19.0. The average molecular weight is 318 g/mol. The van der Waals surface area contributed by atoms with E-state index in [9.17, 15) is 8.42 Å². The van der Waals surface area contributed by atoms with Crippen molar-refractivity contribution in [1.29, 1.82) is 0 Å². The maximum Gasteiger partial charge on any atom is 0.297 e. The Bertz CT molecular complexity index is 866. The zero-order chi connectivity index (χ0) is 14.4. The number of benzene rings is 1. The summed E-state index contributed by atoms with van der Waals surface area (Å²) in [4.78, 5) is 12.1. The molecule has 3 aliphatic rings. The molecule has 0 aromatic heterocycles. The van der Waals surface area contributed by atoms with Crippen LogP contribution in [0, 0.1) is 0 Å². The zero-order valence-electron chi connectivity index (χ0n) is 10.8. The number of fused-ring (bicyclic) bond motifs is 2. The van der Waals surface area contributed by atoms with Crippen LogP contribution < -0.4 is 4.72 Å². The highest BCUT2D eigenvalue weighted by Crippen LogP contribution is 2.25. The van der Waals surface area contributed by atoms with Crippen LogP contribution in [0.1, 0.15) is 11.1 Å². The standard InChI is InChI=1S/C13H10N4O2S2/c18-21(19,13-15-11-12(16-13)20-7-14-11)17-10-5-4-8-2-1-3-9(8)6-10/h1,3-6,17H,2,7H2. The minimum absolute atomic E-state index is 0.223. The number of nitrogens with zero attached hydrogens (tertiary/aromatic N) is 3. The van der Waals surface area contributed by atoms with E-state index in [1.54, 1.807) is 6.07 Å². The van der Waals surface area contributed by atoms with E-state index in [1.807, 2.05) is 24.3 Å². The second-order valence-corrected chi connectivity index (χ2v) is 7.20. The maximum atomic E-state index is 12.3. The Balaban J connectivity index is 1.63. The second kappa shape index (κ2) is 4.54. The molecule has 21 heavy (non-hydrogen) atoms. The first-order valence-electron chi connectivity index (χ1n) is 6.29. The third-order valence-corrected chi connectivity index (χ3v) is 5.25. The number of hydrogen-bond donors (Lipinski definition) is 1. The largest absolute Gasteiger partial charge is 0.297 e. The predicted molar refractivity (Wildman–Crippen MR) is 86.5 cm³/mol. The van der Waals surface area contributed by atoms with Gasteiger partial charge in [0.1, 0.15) is 5.04 Å². The summed E-state index contributed by atoms with van der Waals surface area (Å²) in [6.45, 7) is 0. The SMILES string of the molecule is O=S(=O)(Nc1ccc2c(c1)C=CC2)C1=NC2=NCSC2=N1. The molecule has 2 heterocycles. The van der Waals surface area contributed by atoms with Gasteiger partial charge in [-0.3, -0.25) is 9.71 Å². The third kappa shape index (κ3) is 2.20. The number of rotatable bonds is 2. The van der Waals surface area contributed by atoms with Gasteiger partial charge in [-0.1, -0.05) is 30.0 Å². The van der Waals surface area contributed by atoms with E-state index in [2.05, 4.69) is 19.7 Å². The van der Waals surface area contributed by atoms with Crippen LogP contribution in [0.5, 0.6) is 0 Å². The number of allylic oxidation sites excluding steroid dienone is 1. The van der Waals surface area contributed by atoms with Crippen LogP contribution in [0.25, 0.3) is 6.08 Å². The third-order valence-electron chi connectivity index (χ3n) is 3.28. The Morgan fingerprint density at radius 1 is 1.24 bits per heavy atom. The van der Waals surface area contributed by atoms with Gasteiger partial charge in [-0.2, -0.15) is 13.4 Å². The molecular weight excluding hydrogens is 308 g/mol. The first kappa shape index (κ1) is 12.8. The number of hydrogen-bond acceptors (Lipinski definition) is 6. The fourth-order valence-corrected chi connectivity index (χ4v) is 3.99. The Kier molecular flexibility index (Phi) is 2.76. The van der Waals surface area contributed by atoms with Crippen LogP contribution in [-0.2, 0) is 16.4 Å². The topological polar surface area (TPSA) is 83.2 Å². The van der Waals surface area contributed by atoms with Crippen molar-refractivity contribution in [1.82, 2.24) is 0 Å². The number of thioether (sulfide) groups is 1. The fraction of sp³-hybridized carbons (Fsp3) is 0.154. The van der Waals surface area contributed by atoms with Crippen LogP contribution in [0.15, 0.2) is 39.3 Å². The monoisotopic (exact) mass is 318 g/mol. The maximum absolute atomic E-state index is 12.3. The van der Waals surface area contributed by atoms with Crippen molar-refractivity contribution in [2.24, 2.45) is 15.0 Å². The van der Waals surface area contributed by atoms with E-state index in [1.165, 1.54) is 17.3 Å². The van der Waals surface area contributed by atoms with Crippen molar-refractivity contribution in [3.05, 3.63) is 35.4 Å². The summed E-state index contributed by atoms with van der Waals surface area (Å²) < 4.78 is 27.1. The second-order valence-electron chi connectivity index (χ2n) is 4.69. The molecule has 1 aliphatic carbocycles. The molecule has 0 bridgehead atoms. The van der Waals surface area contributed by atoms with Gasteiger partial charge in [0.15, 0.2) is 5.84 Å². The number of sulfonamides is 1. The quantitative estimate of drug-likeness (QED) is 0.903. The summed E-state index contributed by atoms with van der Waals surface area (Å²) in [5, 5.41) is 0.353. The van der Waals surface area contributed by atoms with Gasteiger partial charge in [0, 0.05) is 5.69 Å². The average Bonchev–Trinajstić information content (AvgIpc) is 3.12. The van der Waals surface area contributed by atoms with Crippen LogP contribution in [-0.4, -0.2) is 30.3 Å². The Morgan fingerprint density at radius 2 is 2.14 bits per heavy atom. The minimum Gasteiger partial charge on any atom is -0.277 e. The van der Waals surface area contributed by atoms with Gasteiger partial charge in [0.05, 0.1) is 5.88 Å². The molecule has 0 unspecified atom stereocenters. The fourth-order valence-electron chi connectivity index (χ4n) is 2.29. The molecule has 2 aliphatic heterocycles. The summed E-state index contributed by atoms with van der Waals surface area (Å²) >= 11 is 1.39. The smallest absolute Gasteiger partial charge is 0.277 e. The Hall–Kier alpha value is -1.93. The summed E-state index contributed by atoms with van der Waals surface area (Å²) in [7, 11) is -3.78. The molecule has 1 aromatic carbocycles. The number of anilines is 1. The predicted octanol–water partition coefficient (Wildman–Crippen LogP) is 1.87. The number of aliphatic imine (C=N–C) groups is 3. The molecule has 0 amide bonds. The van der Waals surface area contributed by atoms with Gasteiger partial charge in [-0.25, -0.2) is 4.99 Å². The van der Waals surface area contributed by atoms with Crippen LogP contribution in [0.2, 0.25) is 0 Å². The van der Waals surface area contributed by atoms with Gasteiger partial charge in [0.2, 0.25) is 0 Å². The minimum atomic E-state index is -3.78. The molecular formula is C13H10N4O2S2. The van der Waals surface area contributed by atoms with Crippen molar-refractivity contribution in [3.63, 3.8) is 0 Å². The highest BCUT2D eigenvalue weighted by molar-refractivity contribution is 8.16. The van der Waals surface area contributed by atoms with Crippen molar-refractivity contribution in [3.8, 4) is 0 Å². The summed E-state index contributed by atoms with van der Waals surface area (Å²) in [5.41, 5.74) is 2.73. The lowest BCUT2D eigenvalue weighted by Crippen LogP contribution is -2.20. The van der Waals surface area contributed by atoms with Crippen LogP contribution >= 0.6 is 11.8 Å². The van der Waals surface area contributed by atoms with Gasteiger partial charge in [-0.15, -0.1) is 0 Å². The molecule has 0 radical (unpaired) electrons. The molecule has 6 nitrogen and oxygen atoms in total. The lowest BCUT2D eigenvalue weighted by Gasteiger charge is -2.07. The lowest BCUT2D eigenvalue weighted by atomic mass is 10.1. The van der Waals surface area contributed by atoms with E-state index < -0.39 is 10.0 Å². The molecule has 0 atom stereocenters. The number of nitrogens with one attached hydrogen (secondary N) is 1. The van der Waals surface area contributed by atoms with Crippen LogP contribution in [0.3, 0.4) is 0 Å². The van der Waals surface area contributed by atoms with Gasteiger partial charge >= 0.3 is 0 Å². The van der Waals surface area contributed by atoms with Gasteiger partial charge in [0.25, 0.3) is 15.2 Å². The summed E-state index contributed by atoms with van der Waals surface area (Å²) in [6.07, 6.45) is 4.92. The Labute approximate surface area is 125 Å². The van der Waals surface area contributed by atoms with Gasteiger partial charge < -0.3 is 0 Å². The first-order valence-corrected chi connectivity index (χ1v) is 8.76. The first-order chi connectivity index (χ1) is 10.1. The lowest BCUT2D eigenvalue weighted by molar-refractivity contribution is 0.611. The van der Waals surface area contributed by atoms with E-state index in [4.69, 9.17) is 0 Å². The van der Waals surface area contributed by atoms with Crippen molar-refractivity contribution in [2.75, 3.05) is 10.6 Å². The summed E-state index contributed by atoms with van der Waals surface area (Å²) in [6, 6.07) is 5.48. The van der Waals surface area contributed by atoms with E-state index in [0.29, 0.717) is 22.4 Å². The highest BCUT2D eigenvalue weighted by atomic mass is 32.2.